The zero-order valence-electron chi connectivity index (χ0n) is 18.2. The van der Waals surface area contributed by atoms with Crippen LogP contribution in [0.2, 0.25) is 0 Å². The molecule has 1 aromatic carbocycles. The Morgan fingerprint density at radius 3 is 2.50 bits per heavy atom. The smallest absolute Gasteiger partial charge is 0.289 e. The summed E-state index contributed by atoms with van der Waals surface area (Å²) in [5.41, 5.74) is 0.242. The van der Waals surface area contributed by atoms with Crippen molar-refractivity contribution in [1.29, 1.82) is 0 Å². The second-order valence-corrected chi connectivity index (χ2v) is 8.44. The fraction of sp³-hybridized carbons (Fsp3) is 0.261. The maximum absolute atomic E-state index is 12.9. The molecular weight excluding hydrogens is 454 g/mol. The molecule has 9 heteroatoms. The van der Waals surface area contributed by atoms with Gasteiger partial charge in [0.2, 0.25) is 0 Å². The molecule has 1 heterocycles. The van der Waals surface area contributed by atoms with Crippen molar-refractivity contribution < 1.29 is 18.0 Å². The van der Waals surface area contributed by atoms with E-state index < -0.39 is 11.5 Å². The SMILES string of the molecule is C/C=C1C=C(/C=C2\SC(=O)NC2=NC)C=CC/1=NC.CCc1ccc(F)cc1C(F)(F)P. The summed E-state index contributed by atoms with van der Waals surface area (Å²) >= 11 is 1.16. The minimum atomic E-state index is -3.05. The Balaban J connectivity index is 0.000000244. The first-order valence-electron chi connectivity index (χ1n) is 9.79. The van der Waals surface area contributed by atoms with Crippen molar-refractivity contribution in [3.05, 3.63) is 81.6 Å². The van der Waals surface area contributed by atoms with Gasteiger partial charge < -0.3 is 5.32 Å². The van der Waals surface area contributed by atoms with E-state index in [9.17, 15) is 18.0 Å². The molecule has 1 saturated heterocycles. The quantitative estimate of drug-likeness (QED) is 0.527. The van der Waals surface area contributed by atoms with Gasteiger partial charge in [-0.25, -0.2) is 4.39 Å². The monoisotopic (exact) mass is 479 g/mol. The topological polar surface area (TPSA) is 53.8 Å². The number of benzene rings is 1. The van der Waals surface area contributed by atoms with Crippen LogP contribution in [-0.2, 0) is 12.1 Å². The average Bonchev–Trinajstić information content (AvgIpc) is 3.12. The number of aryl methyl sites for hydroxylation is 1. The van der Waals surface area contributed by atoms with E-state index in [1.54, 1.807) is 21.0 Å². The van der Waals surface area contributed by atoms with Crippen molar-refractivity contribution in [1.82, 2.24) is 5.32 Å². The van der Waals surface area contributed by atoms with Crippen LogP contribution in [0.4, 0.5) is 18.0 Å². The summed E-state index contributed by atoms with van der Waals surface area (Å²) in [7, 11) is 4.86. The largest absolute Gasteiger partial charge is 0.300 e. The number of aliphatic imine (C=N–C) groups is 2. The lowest BCUT2D eigenvalue weighted by Gasteiger charge is -2.14. The summed E-state index contributed by atoms with van der Waals surface area (Å²) in [4.78, 5) is 20.5. The van der Waals surface area contributed by atoms with Crippen LogP contribution in [0.3, 0.4) is 0 Å². The summed E-state index contributed by atoms with van der Waals surface area (Å²) in [6.45, 7) is 3.74. The molecule has 1 unspecified atom stereocenters. The summed E-state index contributed by atoms with van der Waals surface area (Å²) in [5, 5.41) is 2.62. The third-order valence-electron chi connectivity index (χ3n) is 4.59. The third kappa shape index (κ3) is 6.78. The number of hydrogen-bond acceptors (Lipinski definition) is 4. The lowest BCUT2D eigenvalue weighted by Crippen LogP contribution is -2.18. The Morgan fingerprint density at radius 1 is 1.22 bits per heavy atom. The first-order valence-corrected chi connectivity index (χ1v) is 11.2. The predicted molar refractivity (Wildman–Crippen MR) is 131 cm³/mol. The van der Waals surface area contributed by atoms with E-state index in [-0.39, 0.29) is 10.8 Å². The summed E-state index contributed by atoms with van der Waals surface area (Å²) in [6, 6.07) is 3.47. The molecule has 1 aromatic rings. The van der Waals surface area contributed by atoms with E-state index in [2.05, 4.69) is 15.3 Å². The van der Waals surface area contributed by atoms with Gasteiger partial charge in [0.25, 0.3) is 10.9 Å². The second kappa shape index (κ2) is 11.4. The number of amides is 1. The molecule has 0 bridgehead atoms. The van der Waals surface area contributed by atoms with Gasteiger partial charge in [0.1, 0.15) is 11.7 Å². The van der Waals surface area contributed by atoms with Gasteiger partial charge in [0.15, 0.2) is 0 Å². The van der Waals surface area contributed by atoms with Crippen molar-refractivity contribution in [2.24, 2.45) is 9.98 Å². The second-order valence-electron chi connectivity index (χ2n) is 6.70. The number of rotatable bonds is 3. The number of amidine groups is 1. The zero-order chi connectivity index (χ0) is 23.9. The minimum absolute atomic E-state index is 0.0886. The fourth-order valence-corrected chi connectivity index (χ4v) is 4.06. The van der Waals surface area contributed by atoms with Gasteiger partial charge in [-0.3, -0.25) is 14.8 Å². The molecule has 0 aromatic heterocycles. The summed E-state index contributed by atoms with van der Waals surface area (Å²) < 4.78 is 38.4. The van der Waals surface area contributed by atoms with Crippen LogP contribution >= 0.6 is 21.0 Å². The number of nitrogens with one attached hydrogen (secondary N) is 1. The highest BCUT2D eigenvalue weighted by Crippen LogP contribution is 2.37. The van der Waals surface area contributed by atoms with E-state index in [0.29, 0.717) is 17.8 Å². The number of hydrogen-bond donors (Lipinski definition) is 1. The normalized spacial score (nSPS) is 21.1. The zero-order valence-corrected chi connectivity index (χ0v) is 20.2. The number of carbonyl (C=O) groups is 1. The van der Waals surface area contributed by atoms with Gasteiger partial charge in [-0.05, 0) is 72.2 Å². The third-order valence-corrected chi connectivity index (χ3v) is 5.72. The van der Waals surface area contributed by atoms with Gasteiger partial charge in [0.05, 0.1) is 10.6 Å². The minimum Gasteiger partial charge on any atom is -0.300 e. The highest BCUT2D eigenvalue weighted by atomic mass is 32.2. The summed E-state index contributed by atoms with van der Waals surface area (Å²) in [6.07, 6.45) is 10.4. The number of thioether (sulfide) groups is 1. The Kier molecular flexibility index (Phi) is 9.22. The van der Waals surface area contributed by atoms with E-state index in [1.807, 2.05) is 37.3 Å². The lowest BCUT2D eigenvalue weighted by molar-refractivity contribution is 0.102. The molecule has 170 valence electrons. The van der Waals surface area contributed by atoms with E-state index in [0.717, 1.165) is 39.6 Å². The highest BCUT2D eigenvalue weighted by molar-refractivity contribution is 8.18. The van der Waals surface area contributed by atoms with E-state index >= 15 is 0 Å². The Morgan fingerprint density at radius 2 is 1.94 bits per heavy atom. The van der Waals surface area contributed by atoms with Crippen LogP contribution in [0.25, 0.3) is 0 Å². The molecule has 1 aliphatic heterocycles. The van der Waals surface area contributed by atoms with E-state index in [4.69, 9.17) is 0 Å². The Labute approximate surface area is 192 Å². The van der Waals surface area contributed by atoms with Crippen LogP contribution < -0.4 is 5.32 Å². The van der Waals surface area contributed by atoms with E-state index in [1.165, 1.54) is 21.4 Å². The predicted octanol–water partition coefficient (Wildman–Crippen LogP) is 6.18. The van der Waals surface area contributed by atoms with Crippen LogP contribution in [0.5, 0.6) is 0 Å². The summed E-state index contributed by atoms with van der Waals surface area (Å²) in [5.74, 6) is -0.00407. The highest BCUT2D eigenvalue weighted by Gasteiger charge is 2.27. The first kappa shape index (κ1) is 25.8. The standard InChI is InChI=1S/C14H15N3OS.C9H10F3P/c1-4-10-7-9(5-6-11(10)15-2)8-12-13(16-3)17-14(18)19-12;1-2-6-3-4-7(10)5-8(6)9(11,12)13/h4-8H,1-3H3,(H,16,17,18);3-5H,2,13H2,1H3/b10-4-,12-8-,15-11?;. The Hall–Kier alpha value is -2.44. The molecule has 1 amide bonds. The van der Waals surface area contributed by atoms with Gasteiger partial charge >= 0.3 is 0 Å². The number of carbonyl (C=O) groups excluding carboxylic acids is 1. The fourth-order valence-electron chi connectivity index (χ4n) is 3.01. The molecule has 0 spiro atoms. The van der Waals surface area contributed by atoms with Crippen molar-refractivity contribution in [3.63, 3.8) is 0 Å². The van der Waals surface area contributed by atoms with Gasteiger partial charge in [-0.1, -0.05) is 34.4 Å². The van der Waals surface area contributed by atoms with Crippen molar-refractivity contribution >= 4 is 37.8 Å². The molecule has 3 rings (SSSR count). The number of halogens is 3. The lowest BCUT2D eigenvalue weighted by atomic mass is 9.99. The maximum atomic E-state index is 12.9. The molecule has 2 aliphatic rings. The molecule has 4 nitrogen and oxygen atoms in total. The number of alkyl halides is 2. The average molecular weight is 480 g/mol. The van der Waals surface area contributed by atoms with Gasteiger partial charge in [-0.2, -0.15) is 8.78 Å². The van der Waals surface area contributed by atoms with Crippen molar-refractivity contribution in [2.75, 3.05) is 14.1 Å². The molecule has 1 N–H and O–H groups in total. The molecule has 1 fully saturated rings. The van der Waals surface area contributed by atoms with Crippen LogP contribution in [0, 0.1) is 5.82 Å². The van der Waals surface area contributed by atoms with Crippen molar-refractivity contribution in [2.45, 2.75) is 25.9 Å². The number of nitrogens with zero attached hydrogens (tertiary/aromatic N) is 2. The molecular formula is C23H25F3N3OPS. The maximum Gasteiger partial charge on any atom is 0.289 e. The molecule has 1 atom stereocenters. The van der Waals surface area contributed by atoms with Crippen molar-refractivity contribution in [3.8, 4) is 0 Å². The van der Waals surface area contributed by atoms with Crippen LogP contribution in [0.1, 0.15) is 25.0 Å². The first-order chi connectivity index (χ1) is 15.1. The van der Waals surface area contributed by atoms with Gasteiger partial charge in [0, 0.05) is 19.7 Å². The molecule has 32 heavy (non-hydrogen) atoms. The van der Waals surface area contributed by atoms with Gasteiger partial charge in [-0.15, -0.1) is 0 Å². The molecule has 0 saturated carbocycles. The molecule has 0 radical (unpaired) electrons. The number of allylic oxidation sites excluding steroid dienone is 7. The van der Waals surface area contributed by atoms with Crippen LogP contribution in [0.15, 0.2) is 74.6 Å². The van der Waals surface area contributed by atoms with Crippen LogP contribution in [-0.4, -0.2) is 30.9 Å². The molecule has 1 aliphatic carbocycles. The Bertz CT molecular complexity index is 1070.